The number of ether oxygens (including phenoxy) is 1. The lowest BCUT2D eigenvalue weighted by atomic mass is 10.1. The van der Waals surface area contributed by atoms with Gasteiger partial charge >= 0.3 is 0 Å². The highest BCUT2D eigenvalue weighted by molar-refractivity contribution is 7.23. The molecule has 0 saturated carbocycles. The summed E-state index contributed by atoms with van der Waals surface area (Å²) in [6.07, 6.45) is 3.03. The van der Waals surface area contributed by atoms with Crippen LogP contribution in [0.2, 0.25) is 0 Å². The molecule has 0 spiro atoms. The molecule has 4 rings (SSSR count). The number of benzene rings is 1. The number of nitrogens with one attached hydrogen (secondary N) is 1. The molecule has 0 radical (unpaired) electrons. The van der Waals surface area contributed by atoms with Gasteiger partial charge in [0.2, 0.25) is 0 Å². The summed E-state index contributed by atoms with van der Waals surface area (Å²) >= 11 is 1.42. The van der Waals surface area contributed by atoms with Crippen molar-refractivity contribution >= 4 is 27.4 Å². The highest BCUT2D eigenvalue weighted by atomic mass is 32.1. The lowest BCUT2D eigenvalue weighted by Gasteiger charge is -2.08. The third-order valence-corrected chi connectivity index (χ3v) is 5.52. The van der Waals surface area contributed by atoms with Crippen molar-refractivity contribution in [2.75, 3.05) is 6.61 Å². The second-order valence-corrected chi connectivity index (χ2v) is 7.12. The van der Waals surface area contributed by atoms with Gasteiger partial charge in [-0.15, -0.1) is 16.5 Å². The van der Waals surface area contributed by atoms with Crippen LogP contribution in [0, 0.1) is 18.3 Å². The number of rotatable bonds is 6. The Kier molecular flexibility index (Phi) is 5.27. The van der Waals surface area contributed by atoms with Crippen LogP contribution in [0.1, 0.15) is 23.9 Å². The average Bonchev–Trinajstić information content (AvgIpc) is 3.32. The zero-order chi connectivity index (χ0) is 20.2. The Morgan fingerprint density at radius 2 is 2.10 bits per heavy atom. The average molecular weight is 403 g/mol. The van der Waals surface area contributed by atoms with E-state index in [0.717, 1.165) is 27.6 Å². The third kappa shape index (κ3) is 3.58. The second kappa shape index (κ2) is 8.16. The Labute approximate surface area is 171 Å². The first-order valence-corrected chi connectivity index (χ1v) is 9.80. The molecule has 144 valence electrons. The molecule has 0 unspecified atom stereocenters. The van der Waals surface area contributed by atoms with Crippen molar-refractivity contribution in [3.05, 3.63) is 53.9 Å². The number of aromatic nitrogens is 4. The molecule has 0 amide bonds. The van der Waals surface area contributed by atoms with Gasteiger partial charge in [0.05, 0.1) is 29.1 Å². The molecule has 0 fully saturated rings. The van der Waals surface area contributed by atoms with Crippen LogP contribution in [0.3, 0.4) is 0 Å². The Balaban J connectivity index is 1.78. The van der Waals surface area contributed by atoms with Crippen LogP contribution in [0.15, 0.2) is 47.1 Å². The molecule has 3 aromatic heterocycles. The highest BCUT2D eigenvalue weighted by Crippen LogP contribution is 2.43. The van der Waals surface area contributed by atoms with Crippen LogP contribution >= 0.6 is 11.3 Å². The van der Waals surface area contributed by atoms with Crippen molar-refractivity contribution in [3.63, 3.8) is 0 Å². The third-order valence-electron chi connectivity index (χ3n) is 4.32. The predicted molar refractivity (Wildman–Crippen MR) is 110 cm³/mol. The molecular formula is C20H17N7OS. The number of imidazole rings is 1. The van der Waals surface area contributed by atoms with Gasteiger partial charge in [-0.1, -0.05) is 12.1 Å². The summed E-state index contributed by atoms with van der Waals surface area (Å²) in [5, 5.41) is 18.3. The van der Waals surface area contributed by atoms with Gasteiger partial charge in [0, 0.05) is 11.3 Å². The lowest BCUT2D eigenvalue weighted by Crippen LogP contribution is -1.93. The predicted octanol–water partition coefficient (Wildman–Crippen LogP) is 4.94. The molecule has 3 heterocycles. The fourth-order valence-corrected chi connectivity index (χ4v) is 4.08. The van der Waals surface area contributed by atoms with E-state index in [9.17, 15) is 5.26 Å². The minimum Gasteiger partial charge on any atom is -0.493 e. The number of nitrogens with zero attached hydrogens (tertiary/aromatic N) is 6. The van der Waals surface area contributed by atoms with E-state index in [-0.39, 0.29) is 0 Å². The van der Waals surface area contributed by atoms with Gasteiger partial charge in [-0.25, -0.2) is 15.0 Å². The summed E-state index contributed by atoms with van der Waals surface area (Å²) in [7, 11) is 0. The van der Waals surface area contributed by atoms with Crippen LogP contribution in [0.25, 0.3) is 20.7 Å². The van der Waals surface area contributed by atoms with E-state index in [1.807, 2.05) is 38.1 Å². The monoisotopic (exact) mass is 403 g/mol. The summed E-state index contributed by atoms with van der Waals surface area (Å²) < 4.78 is 6.46. The van der Waals surface area contributed by atoms with E-state index in [2.05, 4.69) is 36.2 Å². The quantitative estimate of drug-likeness (QED) is 0.458. The largest absolute Gasteiger partial charge is 0.493 e. The van der Waals surface area contributed by atoms with Gasteiger partial charge in [-0.05, 0) is 26.0 Å². The van der Waals surface area contributed by atoms with Crippen molar-refractivity contribution in [2.45, 2.75) is 20.4 Å². The molecule has 1 aromatic carbocycles. The van der Waals surface area contributed by atoms with E-state index in [0.29, 0.717) is 34.7 Å². The Morgan fingerprint density at radius 3 is 2.86 bits per heavy atom. The van der Waals surface area contributed by atoms with Crippen molar-refractivity contribution in [1.82, 2.24) is 19.9 Å². The molecular weight excluding hydrogens is 386 g/mol. The van der Waals surface area contributed by atoms with Gasteiger partial charge in [0.25, 0.3) is 0 Å². The number of hydrogen-bond donors (Lipinski definition) is 1. The topological polar surface area (TPSA) is 112 Å². The maximum atomic E-state index is 9.80. The number of hydrogen-bond acceptors (Lipinski definition) is 8. The zero-order valence-corrected chi connectivity index (χ0v) is 16.7. The Morgan fingerprint density at radius 1 is 1.24 bits per heavy atom. The molecule has 1 N–H and O–H groups in total. The van der Waals surface area contributed by atoms with Crippen LogP contribution in [-0.2, 0) is 6.54 Å². The number of azo groups is 1. The Hall–Kier alpha value is -3.64. The van der Waals surface area contributed by atoms with Gasteiger partial charge < -0.3 is 9.72 Å². The number of fused-ring (bicyclic) bond motifs is 1. The fraction of sp³-hybridized carbons (Fsp3) is 0.200. The fourth-order valence-electron chi connectivity index (χ4n) is 2.91. The summed E-state index contributed by atoms with van der Waals surface area (Å²) in [6.45, 7) is 4.74. The SMILES string of the molecule is CCOc1ccccc1-c1sc2c(N=NCc3nc[nH]c3C)ncnc2c1C#N. The van der Waals surface area contributed by atoms with Gasteiger partial charge in [-0.2, -0.15) is 10.4 Å². The number of aromatic amines is 1. The van der Waals surface area contributed by atoms with Crippen molar-refractivity contribution in [3.8, 4) is 22.3 Å². The van der Waals surface area contributed by atoms with Crippen LogP contribution in [-0.4, -0.2) is 26.5 Å². The van der Waals surface area contributed by atoms with Crippen LogP contribution in [0.5, 0.6) is 5.75 Å². The maximum absolute atomic E-state index is 9.80. The lowest BCUT2D eigenvalue weighted by molar-refractivity contribution is 0.341. The number of nitriles is 1. The van der Waals surface area contributed by atoms with Crippen molar-refractivity contribution in [2.24, 2.45) is 10.2 Å². The first-order valence-electron chi connectivity index (χ1n) is 8.99. The molecule has 0 bridgehead atoms. The molecule has 8 nitrogen and oxygen atoms in total. The standard InChI is InChI=1S/C20H17N7OS/c1-3-28-16-7-5-4-6-13(16)18-14(8-21)17-19(29-18)20(25-11-24-17)27-26-9-15-12(2)22-10-23-15/h4-7,10-11H,3,9H2,1-2H3,(H,22,23). The van der Waals surface area contributed by atoms with Crippen molar-refractivity contribution in [1.29, 1.82) is 5.26 Å². The minimum absolute atomic E-state index is 0.345. The smallest absolute Gasteiger partial charge is 0.195 e. The summed E-state index contributed by atoms with van der Waals surface area (Å²) in [5.74, 6) is 1.16. The van der Waals surface area contributed by atoms with Gasteiger partial charge in [0.1, 0.15) is 34.9 Å². The number of thiophene rings is 1. The first kappa shape index (κ1) is 18.7. The minimum atomic E-state index is 0.345. The van der Waals surface area contributed by atoms with E-state index >= 15 is 0 Å². The zero-order valence-electron chi connectivity index (χ0n) is 15.9. The van der Waals surface area contributed by atoms with E-state index in [4.69, 9.17) is 4.74 Å². The molecule has 9 heteroatoms. The number of H-pyrrole nitrogens is 1. The summed E-state index contributed by atoms with van der Waals surface area (Å²) in [5.41, 5.74) is 3.69. The number of para-hydroxylation sites is 1. The maximum Gasteiger partial charge on any atom is 0.195 e. The van der Waals surface area contributed by atoms with E-state index < -0.39 is 0 Å². The highest BCUT2D eigenvalue weighted by Gasteiger charge is 2.20. The Bertz CT molecular complexity index is 1240. The molecule has 0 aliphatic carbocycles. The second-order valence-electron chi connectivity index (χ2n) is 6.10. The van der Waals surface area contributed by atoms with E-state index in [1.54, 1.807) is 6.33 Å². The molecule has 0 aliphatic heterocycles. The van der Waals surface area contributed by atoms with Gasteiger partial charge in [0.15, 0.2) is 5.82 Å². The summed E-state index contributed by atoms with van der Waals surface area (Å²) in [6, 6.07) is 9.93. The molecule has 4 aromatic rings. The van der Waals surface area contributed by atoms with Gasteiger partial charge in [-0.3, -0.25) is 0 Å². The van der Waals surface area contributed by atoms with Crippen molar-refractivity contribution < 1.29 is 4.74 Å². The van der Waals surface area contributed by atoms with E-state index in [1.165, 1.54) is 17.7 Å². The molecule has 0 aliphatic rings. The number of aryl methyl sites for hydroxylation is 1. The molecule has 0 saturated heterocycles. The molecule has 29 heavy (non-hydrogen) atoms. The van der Waals surface area contributed by atoms with Crippen LogP contribution in [0.4, 0.5) is 5.82 Å². The molecule has 0 atom stereocenters. The normalized spacial score (nSPS) is 11.2. The van der Waals surface area contributed by atoms with Crippen LogP contribution < -0.4 is 4.74 Å². The summed E-state index contributed by atoms with van der Waals surface area (Å²) in [4.78, 5) is 16.6. The first-order chi connectivity index (χ1) is 14.2.